The number of sulfonamides is 1. The molecule has 0 aromatic heterocycles. The van der Waals surface area contributed by atoms with Gasteiger partial charge in [0.25, 0.3) is 0 Å². The van der Waals surface area contributed by atoms with Crippen LogP contribution in [0.3, 0.4) is 0 Å². The van der Waals surface area contributed by atoms with Crippen molar-refractivity contribution < 1.29 is 18.0 Å². The number of likely N-dealkylation sites (N-methyl/N-ethyl adjacent to an activating group) is 1. The minimum absolute atomic E-state index is 0.0469. The highest BCUT2D eigenvalue weighted by molar-refractivity contribution is 7.92. The molecule has 1 N–H and O–H groups in total. The van der Waals surface area contributed by atoms with Gasteiger partial charge in [-0.15, -0.1) is 0 Å². The number of benzene rings is 3. The van der Waals surface area contributed by atoms with Crippen molar-refractivity contribution in [2.24, 2.45) is 0 Å². The summed E-state index contributed by atoms with van der Waals surface area (Å²) in [4.78, 5) is 28.7. The van der Waals surface area contributed by atoms with Crippen LogP contribution in [0.15, 0.2) is 78.9 Å². The summed E-state index contributed by atoms with van der Waals surface area (Å²) in [5.74, 6) is -0.728. The van der Waals surface area contributed by atoms with Crippen molar-refractivity contribution in [2.75, 3.05) is 24.2 Å². The Balaban J connectivity index is 2.07. The molecule has 0 saturated heterocycles. The highest BCUT2D eigenvalue weighted by Crippen LogP contribution is 2.29. The first-order chi connectivity index (χ1) is 18.0. The summed E-state index contributed by atoms with van der Waals surface area (Å²) >= 11 is 0. The Labute approximate surface area is 226 Å². The van der Waals surface area contributed by atoms with Gasteiger partial charge in [0.1, 0.15) is 12.6 Å². The molecule has 3 aromatic rings. The molecular formula is C30H37N3O4S. The minimum Gasteiger partial charge on any atom is -0.357 e. The zero-order valence-corrected chi connectivity index (χ0v) is 23.5. The normalized spacial score (nSPS) is 12.2. The molecule has 38 heavy (non-hydrogen) atoms. The van der Waals surface area contributed by atoms with E-state index in [0.29, 0.717) is 12.1 Å². The first-order valence-electron chi connectivity index (χ1n) is 12.7. The van der Waals surface area contributed by atoms with E-state index in [1.165, 1.54) is 11.9 Å². The Morgan fingerprint density at radius 1 is 0.895 bits per heavy atom. The van der Waals surface area contributed by atoms with Crippen LogP contribution in [-0.2, 0) is 32.6 Å². The molecule has 0 bridgehead atoms. The summed E-state index contributed by atoms with van der Waals surface area (Å²) in [5, 5.41) is 2.69. The predicted octanol–water partition coefficient (Wildman–Crippen LogP) is 4.27. The fourth-order valence-electron chi connectivity index (χ4n) is 4.53. The molecule has 8 heteroatoms. The monoisotopic (exact) mass is 535 g/mol. The summed E-state index contributed by atoms with van der Waals surface area (Å²) in [6.45, 7) is 5.66. The van der Waals surface area contributed by atoms with E-state index in [9.17, 15) is 18.0 Å². The molecule has 2 amide bonds. The van der Waals surface area contributed by atoms with Gasteiger partial charge in [-0.1, -0.05) is 92.2 Å². The summed E-state index contributed by atoms with van der Waals surface area (Å²) < 4.78 is 27.1. The molecule has 0 fully saturated rings. The van der Waals surface area contributed by atoms with E-state index < -0.39 is 28.5 Å². The van der Waals surface area contributed by atoms with Crippen molar-refractivity contribution in [3.8, 4) is 0 Å². The molecule has 1 unspecified atom stereocenters. The molecule has 7 nitrogen and oxygen atoms in total. The highest BCUT2D eigenvalue weighted by atomic mass is 32.2. The molecule has 0 heterocycles. The fourth-order valence-corrected chi connectivity index (χ4v) is 5.39. The number of rotatable bonds is 11. The van der Waals surface area contributed by atoms with Crippen LogP contribution in [-0.4, -0.2) is 51.0 Å². The van der Waals surface area contributed by atoms with Crippen molar-refractivity contribution >= 4 is 27.5 Å². The molecule has 202 valence electrons. The number of nitrogens with one attached hydrogen (secondary N) is 1. The van der Waals surface area contributed by atoms with Gasteiger partial charge in [0.2, 0.25) is 21.8 Å². The number of nitrogens with zero attached hydrogens (tertiary/aromatic N) is 2. The number of anilines is 1. The maximum absolute atomic E-state index is 14.0. The minimum atomic E-state index is -3.81. The van der Waals surface area contributed by atoms with Gasteiger partial charge in [0, 0.05) is 20.0 Å². The summed E-state index contributed by atoms with van der Waals surface area (Å²) in [6.07, 6.45) is 1.39. The zero-order chi connectivity index (χ0) is 27.9. The van der Waals surface area contributed by atoms with Crippen LogP contribution in [0.25, 0.3) is 0 Å². The van der Waals surface area contributed by atoms with Crippen LogP contribution in [0.4, 0.5) is 5.69 Å². The molecule has 0 radical (unpaired) electrons. The van der Waals surface area contributed by atoms with Gasteiger partial charge in [0.15, 0.2) is 0 Å². The van der Waals surface area contributed by atoms with E-state index in [1.54, 1.807) is 12.1 Å². The van der Waals surface area contributed by atoms with Gasteiger partial charge in [-0.2, -0.15) is 0 Å². The average Bonchev–Trinajstić information content (AvgIpc) is 2.88. The molecule has 3 aromatic carbocycles. The Hall–Kier alpha value is -3.65. The number of carbonyl (C=O) groups is 2. The lowest BCUT2D eigenvalue weighted by molar-refractivity contribution is -0.139. The SMILES string of the molecule is CNC(=O)C(Cc1ccccc1)N(Cc1cccc(C)c1)C(=O)CN(c1ccccc1C(C)C)S(C)(=O)=O. The molecule has 0 saturated carbocycles. The third-order valence-corrected chi connectivity index (χ3v) is 7.59. The number of amides is 2. The van der Waals surface area contributed by atoms with E-state index in [1.807, 2.05) is 87.5 Å². The molecule has 0 spiro atoms. The Bertz CT molecular complexity index is 1360. The van der Waals surface area contributed by atoms with Crippen molar-refractivity contribution in [3.05, 3.63) is 101 Å². The highest BCUT2D eigenvalue weighted by Gasteiger charge is 2.33. The molecular weight excluding hydrogens is 498 g/mol. The Kier molecular flexibility index (Phi) is 9.69. The lowest BCUT2D eigenvalue weighted by atomic mass is 10.0. The Morgan fingerprint density at radius 3 is 2.13 bits per heavy atom. The van der Waals surface area contributed by atoms with E-state index >= 15 is 0 Å². The van der Waals surface area contributed by atoms with Gasteiger partial charge in [0.05, 0.1) is 11.9 Å². The first-order valence-corrected chi connectivity index (χ1v) is 14.5. The van der Waals surface area contributed by atoms with Crippen molar-refractivity contribution in [3.63, 3.8) is 0 Å². The number of para-hydroxylation sites is 1. The van der Waals surface area contributed by atoms with E-state index in [-0.39, 0.29) is 18.4 Å². The number of aryl methyl sites for hydroxylation is 1. The largest absolute Gasteiger partial charge is 0.357 e. The molecule has 0 aliphatic rings. The zero-order valence-electron chi connectivity index (χ0n) is 22.7. The predicted molar refractivity (Wildman–Crippen MR) is 152 cm³/mol. The van der Waals surface area contributed by atoms with Crippen LogP contribution in [0.5, 0.6) is 0 Å². The lowest BCUT2D eigenvalue weighted by Crippen LogP contribution is -2.53. The van der Waals surface area contributed by atoms with Crippen molar-refractivity contribution in [2.45, 2.75) is 45.7 Å². The van der Waals surface area contributed by atoms with Crippen LogP contribution in [0.2, 0.25) is 0 Å². The number of hydrogen-bond donors (Lipinski definition) is 1. The Morgan fingerprint density at radius 2 is 1.53 bits per heavy atom. The number of hydrogen-bond acceptors (Lipinski definition) is 4. The second-order valence-electron chi connectivity index (χ2n) is 9.81. The second kappa shape index (κ2) is 12.7. The van der Waals surface area contributed by atoms with Crippen LogP contribution >= 0.6 is 0 Å². The van der Waals surface area contributed by atoms with Crippen molar-refractivity contribution in [1.82, 2.24) is 10.2 Å². The van der Waals surface area contributed by atoms with Gasteiger partial charge in [-0.3, -0.25) is 13.9 Å². The smallest absolute Gasteiger partial charge is 0.244 e. The van der Waals surface area contributed by atoms with Gasteiger partial charge in [-0.05, 0) is 35.6 Å². The summed E-state index contributed by atoms with van der Waals surface area (Å²) in [6, 6.07) is 23.6. The third kappa shape index (κ3) is 7.44. The maximum atomic E-state index is 14.0. The van der Waals surface area contributed by atoms with Crippen molar-refractivity contribution in [1.29, 1.82) is 0 Å². The van der Waals surface area contributed by atoms with Gasteiger partial charge < -0.3 is 10.2 Å². The maximum Gasteiger partial charge on any atom is 0.244 e. The van der Waals surface area contributed by atoms with Gasteiger partial charge in [-0.25, -0.2) is 8.42 Å². The summed E-state index contributed by atoms with van der Waals surface area (Å²) in [5.41, 5.74) is 4.07. The lowest BCUT2D eigenvalue weighted by Gasteiger charge is -2.34. The quantitative estimate of drug-likeness (QED) is 0.397. The van der Waals surface area contributed by atoms with Gasteiger partial charge >= 0.3 is 0 Å². The average molecular weight is 536 g/mol. The molecule has 0 aliphatic heterocycles. The fraction of sp³-hybridized carbons (Fsp3) is 0.333. The van der Waals surface area contributed by atoms with Crippen LogP contribution in [0, 0.1) is 6.92 Å². The molecule has 3 rings (SSSR count). The standard InChI is InChI=1S/C30H37N3O4S/c1-22(2)26-16-9-10-17-27(26)33(38(5,36)37)21-29(34)32(20-25-15-11-12-23(3)18-25)28(30(35)31-4)19-24-13-7-6-8-14-24/h6-18,22,28H,19-21H2,1-5H3,(H,31,35). The topological polar surface area (TPSA) is 86.8 Å². The van der Waals surface area contributed by atoms with Crippen LogP contribution in [0.1, 0.15) is 42.0 Å². The summed E-state index contributed by atoms with van der Waals surface area (Å²) in [7, 11) is -2.27. The molecule has 1 atom stereocenters. The first kappa shape index (κ1) is 28.9. The molecule has 0 aliphatic carbocycles. The van der Waals surface area contributed by atoms with E-state index in [2.05, 4.69) is 5.32 Å². The number of carbonyl (C=O) groups excluding carboxylic acids is 2. The second-order valence-corrected chi connectivity index (χ2v) is 11.7. The van der Waals surface area contributed by atoms with E-state index in [4.69, 9.17) is 0 Å². The van der Waals surface area contributed by atoms with E-state index in [0.717, 1.165) is 32.8 Å². The van der Waals surface area contributed by atoms with Crippen LogP contribution < -0.4 is 9.62 Å². The third-order valence-electron chi connectivity index (χ3n) is 6.46.